The summed E-state index contributed by atoms with van der Waals surface area (Å²) in [6, 6.07) is 19.9. The molecule has 0 radical (unpaired) electrons. The molecule has 28 heavy (non-hydrogen) atoms. The number of rotatable bonds is 10. The maximum Gasteiger partial charge on any atom is 0.249 e. The van der Waals surface area contributed by atoms with Crippen molar-refractivity contribution < 1.29 is 13.9 Å². The Balaban J connectivity index is 1.42. The van der Waals surface area contributed by atoms with Gasteiger partial charge in [-0.2, -0.15) is 0 Å². The molecule has 3 rings (SSSR count). The van der Waals surface area contributed by atoms with Gasteiger partial charge in [0.25, 0.3) is 0 Å². The molecule has 1 N–H and O–H groups in total. The highest BCUT2D eigenvalue weighted by molar-refractivity contribution is 5.75. The molecule has 0 bridgehead atoms. The minimum Gasteiger partial charge on any atom is -0.422 e. The van der Waals surface area contributed by atoms with Crippen molar-refractivity contribution in [3.63, 3.8) is 0 Å². The number of nitrogens with one attached hydrogen (secondary N) is 1. The Kier molecular flexibility index (Phi) is 7.32. The Morgan fingerprint density at radius 3 is 2.46 bits per heavy atom. The van der Waals surface area contributed by atoms with Crippen LogP contribution in [0.5, 0.6) is 0 Å². The number of aryl methyl sites for hydroxylation is 2. The molecule has 0 aliphatic carbocycles. The maximum atomic E-state index is 12.0. The van der Waals surface area contributed by atoms with E-state index in [1.807, 2.05) is 48.5 Å². The summed E-state index contributed by atoms with van der Waals surface area (Å²) in [6.07, 6.45) is 2.17. The van der Waals surface area contributed by atoms with Gasteiger partial charge in [0.1, 0.15) is 0 Å². The first-order valence-corrected chi connectivity index (χ1v) is 9.47. The molecule has 6 heteroatoms. The lowest BCUT2D eigenvalue weighted by atomic mass is 10.1. The lowest BCUT2D eigenvalue weighted by molar-refractivity contribution is -0.121. The van der Waals surface area contributed by atoms with Gasteiger partial charge in [0, 0.05) is 26.5 Å². The minimum absolute atomic E-state index is 0.0147. The fourth-order valence-electron chi connectivity index (χ4n) is 2.95. The van der Waals surface area contributed by atoms with Gasteiger partial charge in [-0.25, -0.2) is 0 Å². The highest BCUT2D eigenvalue weighted by Crippen LogP contribution is 2.24. The number of aromatic nitrogens is 2. The molecule has 0 aliphatic heterocycles. The molecule has 1 heterocycles. The first-order chi connectivity index (χ1) is 13.8. The van der Waals surface area contributed by atoms with E-state index >= 15 is 0 Å². The predicted octanol–water partition coefficient (Wildman–Crippen LogP) is 3.49. The summed E-state index contributed by atoms with van der Waals surface area (Å²) in [5.74, 6) is 0.818. The van der Waals surface area contributed by atoms with Crippen molar-refractivity contribution in [2.75, 3.05) is 13.7 Å². The van der Waals surface area contributed by atoms with E-state index in [0.29, 0.717) is 31.2 Å². The van der Waals surface area contributed by atoms with Crippen LogP contribution in [-0.4, -0.2) is 29.8 Å². The number of hydrogen-bond donors (Lipinski definition) is 1. The summed E-state index contributed by atoms with van der Waals surface area (Å²) in [6.45, 7) is 0.655. The van der Waals surface area contributed by atoms with Crippen molar-refractivity contribution in [3.05, 3.63) is 83.6 Å². The lowest BCUT2D eigenvalue weighted by Crippen LogP contribution is -2.25. The molecule has 146 valence electrons. The molecule has 0 spiro atoms. The molecule has 0 fully saturated rings. The normalized spacial score (nSPS) is 11.9. The first kappa shape index (κ1) is 19.8. The average Bonchev–Trinajstić information content (AvgIpc) is 3.20. The van der Waals surface area contributed by atoms with Crippen LogP contribution < -0.4 is 5.32 Å². The second kappa shape index (κ2) is 10.4. The Labute approximate surface area is 164 Å². The van der Waals surface area contributed by atoms with E-state index in [-0.39, 0.29) is 5.91 Å². The van der Waals surface area contributed by atoms with Crippen molar-refractivity contribution >= 4 is 5.91 Å². The van der Waals surface area contributed by atoms with Crippen molar-refractivity contribution in [2.45, 2.75) is 31.8 Å². The van der Waals surface area contributed by atoms with Crippen molar-refractivity contribution in [3.8, 4) is 0 Å². The van der Waals surface area contributed by atoms with Crippen LogP contribution in [0.4, 0.5) is 0 Å². The molecule has 1 atom stereocenters. The Morgan fingerprint density at radius 2 is 1.75 bits per heavy atom. The predicted molar refractivity (Wildman–Crippen MR) is 106 cm³/mol. The number of amides is 1. The number of carbonyl (C=O) groups excluding carboxylic acids is 1. The van der Waals surface area contributed by atoms with E-state index in [0.717, 1.165) is 18.4 Å². The molecule has 0 saturated heterocycles. The zero-order valence-electron chi connectivity index (χ0n) is 16.0. The van der Waals surface area contributed by atoms with Crippen LogP contribution in [0.3, 0.4) is 0 Å². The van der Waals surface area contributed by atoms with Crippen molar-refractivity contribution in [2.24, 2.45) is 0 Å². The largest absolute Gasteiger partial charge is 0.422 e. The molecular formula is C22H25N3O3. The third-order valence-electron chi connectivity index (χ3n) is 4.42. The molecule has 3 aromatic rings. The van der Waals surface area contributed by atoms with Gasteiger partial charge in [-0.15, -0.1) is 10.2 Å². The molecule has 0 unspecified atom stereocenters. The van der Waals surface area contributed by atoms with E-state index in [1.165, 1.54) is 5.56 Å². The number of benzene rings is 2. The molecule has 1 aromatic heterocycles. The molecule has 2 aromatic carbocycles. The summed E-state index contributed by atoms with van der Waals surface area (Å²) >= 11 is 0. The highest BCUT2D eigenvalue weighted by Gasteiger charge is 2.20. The van der Waals surface area contributed by atoms with Crippen LogP contribution >= 0.6 is 0 Å². The number of hydrogen-bond acceptors (Lipinski definition) is 5. The van der Waals surface area contributed by atoms with Crippen LogP contribution in [0.1, 0.15) is 41.9 Å². The smallest absolute Gasteiger partial charge is 0.249 e. The van der Waals surface area contributed by atoms with Crippen LogP contribution in [-0.2, 0) is 22.4 Å². The highest BCUT2D eigenvalue weighted by atomic mass is 16.5. The fraction of sp³-hybridized carbons (Fsp3) is 0.318. The molecule has 0 aliphatic rings. The zero-order valence-corrected chi connectivity index (χ0v) is 16.0. The number of nitrogens with zero attached hydrogens (tertiary/aromatic N) is 2. The zero-order chi connectivity index (χ0) is 19.6. The number of carbonyl (C=O) groups is 1. The van der Waals surface area contributed by atoms with E-state index < -0.39 is 6.10 Å². The Hall–Kier alpha value is -2.99. The van der Waals surface area contributed by atoms with E-state index in [2.05, 4.69) is 27.6 Å². The molecular weight excluding hydrogens is 354 g/mol. The number of methoxy groups -OCH3 is 1. The Bertz CT molecular complexity index is 850. The SMILES string of the molecule is CO[C@@H](c1ccccc1)c1nnc(CCC(=O)NCCCc2ccccc2)o1. The standard InChI is InChI=1S/C22H25N3O3/c1-27-21(18-12-6-3-7-13-18)22-25-24-20(28-22)15-14-19(26)23-16-8-11-17-9-4-2-5-10-17/h2-7,9-10,12-13,21H,8,11,14-16H2,1H3,(H,23,26)/t21-/m0/s1. The van der Waals surface area contributed by atoms with Crippen LogP contribution in [0.15, 0.2) is 65.1 Å². The monoisotopic (exact) mass is 379 g/mol. The van der Waals surface area contributed by atoms with Gasteiger partial charge in [-0.05, 0) is 24.0 Å². The van der Waals surface area contributed by atoms with Crippen LogP contribution in [0.2, 0.25) is 0 Å². The van der Waals surface area contributed by atoms with Gasteiger partial charge >= 0.3 is 0 Å². The quantitative estimate of drug-likeness (QED) is 0.546. The number of ether oxygens (including phenoxy) is 1. The molecule has 0 saturated carbocycles. The van der Waals surface area contributed by atoms with Gasteiger partial charge in [-0.3, -0.25) is 4.79 Å². The van der Waals surface area contributed by atoms with Crippen LogP contribution in [0.25, 0.3) is 0 Å². The van der Waals surface area contributed by atoms with Crippen molar-refractivity contribution in [1.29, 1.82) is 0 Å². The average molecular weight is 379 g/mol. The van der Waals surface area contributed by atoms with Crippen LogP contribution in [0, 0.1) is 0 Å². The summed E-state index contributed by atoms with van der Waals surface area (Å²) in [5, 5.41) is 11.1. The molecule has 6 nitrogen and oxygen atoms in total. The fourth-order valence-corrected chi connectivity index (χ4v) is 2.95. The minimum atomic E-state index is -0.408. The second-order valence-electron chi connectivity index (χ2n) is 6.50. The molecule has 1 amide bonds. The summed E-state index contributed by atoms with van der Waals surface area (Å²) in [7, 11) is 1.60. The second-order valence-corrected chi connectivity index (χ2v) is 6.50. The van der Waals surface area contributed by atoms with Crippen molar-refractivity contribution in [1.82, 2.24) is 15.5 Å². The maximum absolute atomic E-state index is 12.0. The summed E-state index contributed by atoms with van der Waals surface area (Å²) in [4.78, 5) is 12.0. The summed E-state index contributed by atoms with van der Waals surface area (Å²) < 4.78 is 11.2. The Morgan fingerprint density at radius 1 is 1.04 bits per heavy atom. The van der Waals surface area contributed by atoms with E-state index in [9.17, 15) is 4.79 Å². The summed E-state index contributed by atoms with van der Waals surface area (Å²) in [5.41, 5.74) is 2.22. The third-order valence-corrected chi connectivity index (χ3v) is 4.42. The topological polar surface area (TPSA) is 77.2 Å². The van der Waals surface area contributed by atoms with Gasteiger partial charge in [0.05, 0.1) is 0 Å². The van der Waals surface area contributed by atoms with E-state index in [1.54, 1.807) is 7.11 Å². The van der Waals surface area contributed by atoms with Gasteiger partial charge < -0.3 is 14.5 Å². The van der Waals surface area contributed by atoms with E-state index in [4.69, 9.17) is 9.15 Å². The lowest BCUT2D eigenvalue weighted by Gasteiger charge is -2.10. The van der Waals surface area contributed by atoms with Gasteiger partial charge in [-0.1, -0.05) is 60.7 Å². The first-order valence-electron chi connectivity index (χ1n) is 9.47. The third kappa shape index (κ3) is 5.76. The van der Waals surface area contributed by atoms with Gasteiger partial charge in [0.2, 0.25) is 17.7 Å². The van der Waals surface area contributed by atoms with Gasteiger partial charge in [0.15, 0.2) is 6.10 Å².